The highest BCUT2D eigenvalue weighted by Gasteiger charge is 2.30. The minimum absolute atomic E-state index is 0.249. The summed E-state index contributed by atoms with van der Waals surface area (Å²) in [5, 5.41) is 16.5. The van der Waals surface area contributed by atoms with E-state index in [1.54, 1.807) is 0 Å². The molecule has 2 saturated carbocycles. The van der Waals surface area contributed by atoms with Crippen LogP contribution in [-0.4, -0.2) is 34.3 Å². The molecule has 3 rings (SSSR count). The van der Waals surface area contributed by atoms with Crippen molar-refractivity contribution in [3.63, 3.8) is 0 Å². The highest BCUT2D eigenvalue weighted by Crippen LogP contribution is 2.39. The summed E-state index contributed by atoms with van der Waals surface area (Å²) in [7, 11) is 0. The zero-order valence-corrected chi connectivity index (χ0v) is 12.1. The van der Waals surface area contributed by atoms with Crippen molar-refractivity contribution >= 4 is 11.6 Å². The Balaban J connectivity index is 1.65. The molecule has 1 aromatic heterocycles. The van der Waals surface area contributed by atoms with Crippen molar-refractivity contribution in [1.82, 2.24) is 9.97 Å². The maximum absolute atomic E-state index is 9.93. The quantitative estimate of drug-likeness (QED) is 0.680. The fourth-order valence-electron chi connectivity index (χ4n) is 2.28. The van der Waals surface area contributed by atoms with Crippen molar-refractivity contribution in [3.8, 4) is 0 Å². The highest BCUT2D eigenvalue weighted by molar-refractivity contribution is 5.48. The molecule has 2 fully saturated rings. The molecule has 1 unspecified atom stereocenters. The van der Waals surface area contributed by atoms with Crippen molar-refractivity contribution in [2.75, 3.05) is 23.7 Å². The summed E-state index contributed by atoms with van der Waals surface area (Å²) in [6.07, 6.45) is 5.53. The maximum atomic E-state index is 9.93. The van der Waals surface area contributed by atoms with Crippen LogP contribution >= 0.6 is 0 Å². The van der Waals surface area contributed by atoms with Crippen LogP contribution < -0.4 is 10.6 Å². The number of nitrogens with zero attached hydrogens (tertiary/aromatic N) is 2. The van der Waals surface area contributed by atoms with Crippen LogP contribution in [0.5, 0.6) is 0 Å². The Bertz CT molecular complexity index is 457. The molecule has 0 aliphatic heterocycles. The number of aromatic nitrogens is 2. The van der Waals surface area contributed by atoms with Gasteiger partial charge in [0, 0.05) is 25.1 Å². The van der Waals surface area contributed by atoms with Gasteiger partial charge >= 0.3 is 0 Å². The van der Waals surface area contributed by atoms with Crippen molar-refractivity contribution < 1.29 is 5.11 Å². The van der Waals surface area contributed by atoms with Crippen LogP contribution in [0.2, 0.25) is 0 Å². The first-order valence-corrected chi connectivity index (χ1v) is 7.81. The second kappa shape index (κ2) is 5.95. The van der Waals surface area contributed by atoms with E-state index in [9.17, 15) is 5.11 Å². The summed E-state index contributed by atoms with van der Waals surface area (Å²) < 4.78 is 0. The number of aliphatic hydroxyl groups excluding tert-OH is 1. The van der Waals surface area contributed by atoms with Gasteiger partial charge in [0.1, 0.15) is 17.5 Å². The lowest BCUT2D eigenvalue weighted by molar-refractivity contribution is 0.164. The van der Waals surface area contributed by atoms with E-state index in [-0.39, 0.29) is 6.10 Å². The van der Waals surface area contributed by atoms with Gasteiger partial charge in [-0.05, 0) is 38.0 Å². The minimum atomic E-state index is -0.249. The Kier molecular flexibility index (Phi) is 4.05. The van der Waals surface area contributed by atoms with Gasteiger partial charge in [0.2, 0.25) is 0 Å². The molecule has 1 atom stereocenters. The van der Waals surface area contributed by atoms with Crippen molar-refractivity contribution in [3.05, 3.63) is 11.9 Å². The van der Waals surface area contributed by atoms with Gasteiger partial charge in [0.15, 0.2) is 0 Å². The van der Waals surface area contributed by atoms with E-state index in [4.69, 9.17) is 0 Å². The Morgan fingerprint density at radius 2 is 1.90 bits per heavy atom. The molecule has 20 heavy (non-hydrogen) atoms. The fourth-order valence-corrected chi connectivity index (χ4v) is 2.28. The first-order valence-electron chi connectivity index (χ1n) is 7.81. The monoisotopic (exact) mass is 276 g/mol. The van der Waals surface area contributed by atoms with Crippen LogP contribution in [0, 0.1) is 5.92 Å². The van der Waals surface area contributed by atoms with Gasteiger partial charge in [-0.25, -0.2) is 9.97 Å². The molecule has 0 spiro atoms. The maximum Gasteiger partial charge on any atom is 0.136 e. The number of rotatable bonds is 8. The lowest BCUT2D eigenvalue weighted by atomic mass is 10.2. The molecule has 0 radical (unpaired) electrons. The average Bonchev–Trinajstić information content (AvgIpc) is 3.31. The molecule has 0 amide bonds. The van der Waals surface area contributed by atoms with Crippen molar-refractivity contribution in [1.29, 1.82) is 0 Å². The first kappa shape index (κ1) is 13.6. The van der Waals surface area contributed by atoms with E-state index >= 15 is 0 Å². The molecule has 2 aliphatic carbocycles. The standard InChI is InChI=1S/C15H24N4O/c1-2-7-16-13-8-14(17-9-12(20)10-3-4-10)19-15(18-13)11-5-6-11/h8,10-12,20H,2-7,9H2,1H3,(H2,16,17,18,19). The highest BCUT2D eigenvalue weighted by atomic mass is 16.3. The summed E-state index contributed by atoms with van der Waals surface area (Å²) in [4.78, 5) is 9.16. The molecule has 110 valence electrons. The lowest BCUT2D eigenvalue weighted by Crippen LogP contribution is -2.22. The van der Waals surface area contributed by atoms with E-state index in [1.165, 1.54) is 12.8 Å². The second-order valence-electron chi connectivity index (χ2n) is 5.98. The Hall–Kier alpha value is -1.36. The van der Waals surface area contributed by atoms with Gasteiger partial charge < -0.3 is 15.7 Å². The zero-order chi connectivity index (χ0) is 13.9. The zero-order valence-electron chi connectivity index (χ0n) is 12.1. The van der Waals surface area contributed by atoms with Gasteiger partial charge in [-0.2, -0.15) is 0 Å². The fraction of sp³-hybridized carbons (Fsp3) is 0.733. The predicted molar refractivity (Wildman–Crippen MR) is 80.0 cm³/mol. The van der Waals surface area contributed by atoms with Crippen LogP contribution in [0.15, 0.2) is 6.07 Å². The molecule has 3 N–H and O–H groups in total. The topological polar surface area (TPSA) is 70.1 Å². The Morgan fingerprint density at radius 1 is 1.20 bits per heavy atom. The average molecular weight is 276 g/mol. The molecule has 5 nitrogen and oxygen atoms in total. The van der Waals surface area contributed by atoms with Gasteiger partial charge in [0.05, 0.1) is 6.10 Å². The molecular weight excluding hydrogens is 252 g/mol. The molecule has 0 saturated heterocycles. The summed E-state index contributed by atoms with van der Waals surface area (Å²) in [6.45, 7) is 3.64. The van der Waals surface area contributed by atoms with E-state index in [2.05, 4.69) is 27.5 Å². The van der Waals surface area contributed by atoms with Crippen LogP contribution in [0.4, 0.5) is 11.6 Å². The summed E-state index contributed by atoms with van der Waals surface area (Å²) >= 11 is 0. The molecule has 5 heteroatoms. The summed E-state index contributed by atoms with van der Waals surface area (Å²) in [5.74, 6) is 3.69. The van der Waals surface area contributed by atoms with E-state index in [0.29, 0.717) is 18.4 Å². The number of aliphatic hydroxyl groups is 1. The van der Waals surface area contributed by atoms with Crippen LogP contribution in [-0.2, 0) is 0 Å². The molecule has 1 heterocycles. The first-order chi connectivity index (χ1) is 9.76. The number of anilines is 2. The number of nitrogens with one attached hydrogen (secondary N) is 2. The third kappa shape index (κ3) is 3.60. The smallest absolute Gasteiger partial charge is 0.136 e. The number of hydrogen-bond donors (Lipinski definition) is 3. The second-order valence-corrected chi connectivity index (χ2v) is 5.98. The van der Waals surface area contributed by atoms with Gasteiger partial charge in [-0.3, -0.25) is 0 Å². The van der Waals surface area contributed by atoms with Crippen LogP contribution in [0.1, 0.15) is 50.8 Å². The third-order valence-corrected chi connectivity index (χ3v) is 3.90. The van der Waals surface area contributed by atoms with Crippen LogP contribution in [0.25, 0.3) is 0 Å². The van der Waals surface area contributed by atoms with Crippen molar-refractivity contribution in [2.45, 2.75) is 51.0 Å². The molecule has 1 aromatic rings. The third-order valence-electron chi connectivity index (χ3n) is 3.90. The Morgan fingerprint density at radius 3 is 2.50 bits per heavy atom. The molecule has 2 aliphatic rings. The summed E-state index contributed by atoms with van der Waals surface area (Å²) in [5.41, 5.74) is 0. The van der Waals surface area contributed by atoms with Crippen molar-refractivity contribution in [2.24, 2.45) is 5.92 Å². The van der Waals surface area contributed by atoms with Gasteiger partial charge in [-0.1, -0.05) is 6.92 Å². The minimum Gasteiger partial charge on any atom is -0.391 e. The largest absolute Gasteiger partial charge is 0.391 e. The molecule has 0 aromatic carbocycles. The van der Waals surface area contributed by atoms with Crippen LogP contribution in [0.3, 0.4) is 0 Å². The number of hydrogen-bond acceptors (Lipinski definition) is 5. The molecular formula is C15H24N4O. The van der Waals surface area contributed by atoms with E-state index in [0.717, 1.165) is 43.3 Å². The SMILES string of the molecule is CCCNc1cc(NCC(O)C2CC2)nc(C2CC2)n1. The normalized spacial score (nSPS) is 19.7. The van der Waals surface area contributed by atoms with E-state index in [1.807, 2.05) is 6.07 Å². The molecule has 0 bridgehead atoms. The Labute approximate surface area is 120 Å². The summed E-state index contributed by atoms with van der Waals surface area (Å²) in [6, 6.07) is 1.95. The predicted octanol–water partition coefficient (Wildman–Crippen LogP) is 2.36. The van der Waals surface area contributed by atoms with E-state index < -0.39 is 0 Å². The van der Waals surface area contributed by atoms with Gasteiger partial charge in [0.25, 0.3) is 0 Å². The lowest BCUT2D eigenvalue weighted by Gasteiger charge is -2.13. The van der Waals surface area contributed by atoms with Gasteiger partial charge in [-0.15, -0.1) is 0 Å².